The Balaban J connectivity index is 1.35. The van der Waals surface area contributed by atoms with E-state index in [0.29, 0.717) is 5.69 Å². The van der Waals surface area contributed by atoms with E-state index in [2.05, 4.69) is 15.3 Å². The summed E-state index contributed by atoms with van der Waals surface area (Å²) < 4.78 is 0. The third-order valence-electron chi connectivity index (χ3n) is 4.25. The number of fused-ring (bicyclic) bond motifs is 1. The molecule has 4 rings (SSSR count). The van der Waals surface area contributed by atoms with Crippen molar-refractivity contribution in [2.24, 2.45) is 0 Å². The maximum Gasteiger partial charge on any atom is 0.269 e. The number of H-pyrrole nitrogens is 1. The lowest BCUT2D eigenvalue weighted by Gasteiger charge is -2.06. The van der Waals surface area contributed by atoms with E-state index in [4.69, 9.17) is 0 Å². The van der Waals surface area contributed by atoms with Gasteiger partial charge in [-0.1, -0.05) is 12.1 Å². The van der Waals surface area contributed by atoms with Gasteiger partial charge in [-0.05, 0) is 48.5 Å². The fourth-order valence-corrected chi connectivity index (χ4v) is 3.51. The average molecular weight is 404 g/mol. The molecule has 0 aliphatic carbocycles. The maximum atomic E-state index is 12.2. The number of nitro benzene ring substituents is 1. The first-order valence-electron chi connectivity index (χ1n) is 8.81. The van der Waals surface area contributed by atoms with Crippen molar-refractivity contribution in [3.8, 4) is 11.4 Å². The zero-order valence-corrected chi connectivity index (χ0v) is 16.0. The van der Waals surface area contributed by atoms with Crippen molar-refractivity contribution in [3.05, 3.63) is 82.9 Å². The number of non-ortho nitro benzene ring substituents is 1. The molecule has 0 radical (unpaired) electrons. The Bertz CT molecular complexity index is 1140. The summed E-state index contributed by atoms with van der Waals surface area (Å²) in [6.07, 6.45) is 0. The summed E-state index contributed by atoms with van der Waals surface area (Å²) in [5.74, 6) is 0.839. The van der Waals surface area contributed by atoms with E-state index in [1.807, 2.05) is 48.5 Å². The number of aromatic amines is 1. The summed E-state index contributed by atoms with van der Waals surface area (Å²) in [6, 6.07) is 21.4. The van der Waals surface area contributed by atoms with Gasteiger partial charge in [-0.25, -0.2) is 4.98 Å². The summed E-state index contributed by atoms with van der Waals surface area (Å²) >= 11 is 1.32. The van der Waals surface area contributed by atoms with E-state index in [1.165, 1.54) is 23.9 Å². The molecule has 0 fully saturated rings. The van der Waals surface area contributed by atoms with Gasteiger partial charge in [0.25, 0.3) is 5.69 Å². The van der Waals surface area contributed by atoms with Crippen LogP contribution in [0.3, 0.4) is 0 Å². The van der Waals surface area contributed by atoms with Gasteiger partial charge in [-0.15, -0.1) is 11.8 Å². The molecule has 7 nitrogen and oxygen atoms in total. The second kappa shape index (κ2) is 8.15. The van der Waals surface area contributed by atoms with Crippen LogP contribution in [0.4, 0.5) is 11.4 Å². The van der Waals surface area contributed by atoms with Gasteiger partial charge in [-0.3, -0.25) is 14.9 Å². The highest BCUT2D eigenvalue weighted by Gasteiger charge is 2.08. The molecular weight excluding hydrogens is 388 g/mol. The minimum absolute atomic E-state index is 0.0309. The van der Waals surface area contributed by atoms with E-state index >= 15 is 0 Å². The highest BCUT2D eigenvalue weighted by atomic mass is 32.2. The number of hydrogen-bond donors (Lipinski definition) is 2. The van der Waals surface area contributed by atoms with Gasteiger partial charge in [0.15, 0.2) is 0 Å². The molecule has 0 bridgehead atoms. The molecule has 0 saturated carbocycles. The first-order valence-corrected chi connectivity index (χ1v) is 9.79. The van der Waals surface area contributed by atoms with Crippen LogP contribution in [0.15, 0.2) is 77.7 Å². The molecule has 0 aliphatic rings. The van der Waals surface area contributed by atoms with Crippen LogP contribution in [0.1, 0.15) is 0 Å². The first-order chi connectivity index (χ1) is 14.1. The standard InChI is InChI=1S/C21H16N4O3S/c26-20(13-29-17-11-9-16(10-12-17)25(27)28)22-15-7-5-14(6-8-15)21-23-18-3-1-2-4-19(18)24-21/h1-12H,13H2,(H,22,26)(H,23,24). The van der Waals surface area contributed by atoms with Crippen LogP contribution in [0.5, 0.6) is 0 Å². The normalized spacial score (nSPS) is 10.8. The van der Waals surface area contributed by atoms with Crippen molar-refractivity contribution in [2.45, 2.75) is 4.90 Å². The van der Waals surface area contributed by atoms with E-state index in [-0.39, 0.29) is 17.3 Å². The molecule has 1 amide bonds. The maximum absolute atomic E-state index is 12.2. The number of nitrogens with one attached hydrogen (secondary N) is 2. The Kier molecular flexibility index (Phi) is 5.26. The molecule has 0 unspecified atom stereocenters. The summed E-state index contributed by atoms with van der Waals surface area (Å²) in [5.41, 5.74) is 3.54. The van der Waals surface area contributed by atoms with Crippen molar-refractivity contribution in [2.75, 3.05) is 11.1 Å². The van der Waals surface area contributed by atoms with E-state index in [9.17, 15) is 14.9 Å². The lowest BCUT2D eigenvalue weighted by Crippen LogP contribution is -2.13. The molecule has 3 aromatic carbocycles. The highest BCUT2D eigenvalue weighted by Crippen LogP contribution is 2.23. The summed E-state index contributed by atoms with van der Waals surface area (Å²) in [4.78, 5) is 31.0. The minimum Gasteiger partial charge on any atom is -0.338 e. The van der Waals surface area contributed by atoms with E-state index in [1.54, 1.807) is 12.1 Å². The average Bonchev–Trinajstić information content (AvgIpc) is 3.17. The minimum atomic E-state index is -0.448. The smallest absolute Gasteiger partial charge is 0.269 e. The highest BCUT2D eigenvalue weighted by molar-refractivity contribution is 8.00. The topological polar surface area (TPSA) is 101 Å². The van der Waals surface area contributed by atoms with Gasteiger partial charge in [-0.2, -0.15) is 0 Å². The quantitative estimate of drug-likeness (QED) is 0.271. The van der Waals surface area contributed by atoms with Gasteiger partial charge in [0.2, 0.25) is 5.91 Å². The number of anilines is 1. The Morgan fingerprint density at radius 1 is 1.03 bits per heavy atom. The number of thioether (sulfide) groups is 1. The molecule has 8 heteroatoms. The molecular formula is C21H16N4O3S. The second-order valence-corrected chi connectivity index (χ2v) is 7.32. The molecule has 0 saturated heterocycles. The molecule has 0 aliphatic heterocycles. The van der Waals surface area contributed by atoms with Gasteiger partial charge >= 0.3 is 0 Å². The van der Waals surface area contributed by atoms with Crippen LogP contribution < -0.4 is 5.32 Å². The third-order valence-corrected chi connectivity index (χ3v) is 5.26. The number of nitro groups is 1. The van der Waals surface area contributed by atoms with Gasteiger partial charge < -0.3 is 10.3 Å². The van der Waals surface area contributed by atoms with Crippen LogP contribution in [0, 0.1) is 10.1 Å². The second-order valence-electron chi connectivity index (χ2n) is 6.27. The Hall–Kier alpha value is -3.65. The number of carbonyl (C=O) groups excluding carboxylic acids is 1. The molecule has 144 valence electrons. The number of hydrogen-bond acceptors (Lipinski definition) is 5. The van der Waals surface area contributed by atoms with Crippen LogP contribution in [0.25, 0.3) is 22.4 Å². The Labute approximate surface area is 170 Å². The lowest BCUT2D eigenvalue weighted by molar-refractivity contribution is -0.384. The van der Waals surface area contributed by atoms with Crippen LogP contribution in [0.2, 0.25) is 0 Å². The SMILES string of the molecule is O=C(CSc1ccc([N+](=O)[O-])cc1)Nc1ccc(-c2nc3ccccc3[nH]2)cc1. The number of amides is 1. The molecule has 0 spiro atoms. The van der Waals surface area contributed by atoms with Crippen molar-refractivity contribution in [1.29, 1.82) is 0 Å². The number of para-hydroxylation sites is 2. The van der Waals surface area contributed by atoms with Crippen molar-refractivity contribution >= 4 is 40.1 Å². The fourth-order valence-electron chi connectivity index (χ4n) is 2.81. The molecule has 29 heavy (non-hydrogen) atoms. The number of nitrogens with zero attached hydrogens (tertiary/aromatic N) is 2. The zero-order valence-electron chi connectivity index (χ0n) is 15.2. The van der Waals surface area contributed by atoms with Gasteiger partial charge in [0.05, 0.1) is 21.7 Å². The predicted octanol–water partition coefficient (Wildman–Crippen LogP) is 4.87. The third kappa shape index (κ3) is 4.44. The van der Waals surface area contributed by atoms with Crippen molar-refractivity contribution in [1.82, 2.24) is 9.97 Å². The van der Waals surface area contributed by atoms with Crippen molar-refractivity contribution < 1.29 is 9.72 Å². The molecule has 0 atom stereocenters. The van der Waals surface area contributed by atoms with Gasteiger partial charge in [0, 0.05) is 28.3 Å². The zero-order chi connectivity index (χ0) is 20.2. The number of imidazole rings is 1. The molecule has 1 heterocycles. The summed E-state index contributed by atoms with van der Waals surface area (Å²) in [7, 11) is 0. The number of benzene rings is 3. The Morgan fingerprint density at radius 3 is 2.45 bits per heavy atom. The Morgan fingerprint density at radius 2 is 1.76 bits per heavy atom. The summed E-state index contributed by atoms with van der Waals surface area (Å²) in [6.45, 7) is 0. The van der Waals surface area contributed by atoms with E-state index < -0.39 is 4.92 Å². The van der Waals surface area contributed by atoms with Crippen LogP contribution in [-0.2, 0) is 4.79 Å². The number of carbonyl (C=O) groups is 1. The molecule has 1 aromatic heterocycles. The van der Waals surface area contributed by atoms with Crippen molar-refractivity contribution in [3.63, 3.8) is 0 Å². The monoisotopic (exact) mass is 404 g/mol. The fraction of sp³-hybridized carbons (Fsp3) is 0.0476. The van der Waals surface area contributed by atoms with E-state index in [0.717, 1.165) is 27.3 Å². The lowest BCUT2D eigenvalue weighted by atomic mass is 10.2. The van der Waals surface area contributed by atoms with Crippen LogP contribution in [-0.4, -0.2) is 26.6 Å². The summed E-state index contributed by atoms with van der Waals surface area (Å²) in [5, 5.41) is 13.5. The van der Waals surface area contributed by atoms with Gasteiger partial charge in [0.1, 0.15) is 5.82 Å². The number of rotatable bonds is 6. The van der Waals surface area contributed by atoms with Crippen LogP contribution >= 0.6 is 11.8 Å². The molecule has 2 N–H and O–H groups in total. The first kappa shape index (κ1) is 18.7. The molecule has 4 aromatic rings. The predicted molar refractivity (Wildman–Crippen MR) is 114 cm³/mol. The largest absolute Gasteiger partial charge is 0.338 e. The number of aromatic nitrogens is 2.